The van der Waals surface area contributed by atoms with E-state index in [0.29, 0.717) is 42.9 Å². The average molecular weight is 461 g/mol. The van der Waals surface area contributed by atoms with E-state index in [1.165, 1.54) is 4.31 Å². The first-order chi connectivity index (χ1) is 15.3. The van der Waals surface area contributed by atoms with Crippen molar-refractivity contribution in [2.45, 2.75) is 38.3 Å². The Morgan fingerprint density at radius 3 is 2.59 bits per heavy atom. The third-order valence-electron chi connectivity index (χ3n) is 5.52. The molecule has 0 unspecified atom stereocenters. The highest BCUT2D eigenvalue weighted by Crippen LogP contribution is 2.28. The van der Waals surface area contributed by atoms with Crippen LogP contribution in [0.2, 0.25) is 0 Å². The second-order valence-electron chi connectivity index (χ2n) is 7.97. The number of benzene rings is 2. The highest BCUT2D eigenvalue weighted by atomic mass is 32.2. The van der Waals surface area contributed by atoms with Crippen LogP contribution < -0.4 is 20.7 Å². The van der Waals surface area contributed by atoms with Crippen molar-refractivity contribution in [2.75, 3.05) is 35.0 Å². The van der Waals surface area contributed by atoms with Crippen molar-refractivity contribution < 1.29 is 18.3 Å². The van der Waals surface area contributed by atoms with E-state index < -0.39 is 28.1 Å². The van der Waals surface area contributed by atoms with Crippen LogP contribution in [0, 0.1) is 0 Å². The van der Waals surface area contributed by atoms with E-state index in [4.69, 9.17) is 5.73 Å². The number of anilines is 2. The Kier molecular flexibility index (Phi) is 8.11. The quantitative estimate of drug-likeness (QED) is 0.452. The minimum absolute atomic E-state index is 0.00643. The molecule has 174 valence electrons. The van der Waals surface area contributed by atoms with Crippen molar-refractivity contribution in [1.29, 1.82) is 0 Å². The summed E-state index contributed by atoms with van der Waals surface area (Å²) in [5.41, 5.74) is 8.08. The number of amides is 1. The Morgan fingerprint density at radius 1 is 1.19 bits per heavy atom. The Balaban J connectivity index is 1.88. The van der Waals surface area contributed by atoms with Gasteiger partial charge in [0.15, 0.2) is 0 Å². The van der Waals surface area contributed by atoms with Crippen LogP contribution in [0.5, 0.6) is 0 Å². The Labute approximate surface area is 189 Å². The fourth-order valence-corrected chi connectivity index (χ4v) is 5.46. The summed E-state index contributed by atoms with van der Waals surface area (Å²) in [5.74, 6) is -0.296. The summed E-state index contributed by atoms with van der Waals surface area (Å²) in [7, 11) is -3.41. The molecule has 1 aliphatic heterocycles. The number of aliphatic hydroxyl groups excluding tert-OH is 1. The predicted octanol–water partition coefficient (Wildman–Crippen LogP) is 1.71. The molecule has 2 aromatic carbocycles. The van der Waals surface area contributed by atoms with Gasteiger partial charge in [-0.05, 0) is 49.9 Å². The monoisotopic (exact) mass is 460 g/mol. The smallest absolute Gasteiger partial charge is 0.251 e. The number of carbonyl (C=O) groups excluding carboxylic acids is 1. The van der Waals surface area contributed by atoms with E-state index in [2.05, 4.69) is 10.6 Å². The minimum atomic E-state index is -3.41. The first kappa shape index (κ1) is 24.0. The number of nitrogens with zero attached hydrogens (tertiary/aromatic N) is 1. The zero-order valence-electron chi connectivity index (χ0n) is 18.3. The van der Waals surface area contributed by atoms with Crippen LogP contribution in [0.3, 0.4) is 0 Å². The van der Waals surface area contributed by atoms with Crippen LogP contribution in [0.15, 0.2) is 48.5 Å². The lowest BCUT2D eigenvalue weighted by Gasteiger charge is -2.29. The largest absolute Gasteiger partial charge is 0.390 e. The molecule has 2 atom stereocenters. The number of nitrogens with one attached hydrogen (secondary N) is 2. The number of nitrogens with two attached hydrogens (primary N) is 1. The topological polar surface area (TPSA) is 125 Å². The maximum absolute atomic E-state index is 13.2. The van der Waals surface area contributed by atoms with Gasteiger partial charge in [-0.25, -0.2) is 8.42 Å². The molecule has 8 nitrogen and oxygen atoms in total. The van der Waals surface area contributed by atoms with Gasteiger partial charge in [0.2, 0.25) is 10.0 Å². The molecule has 9 heteroatoms. The van der Waals surface area contributed by atoms with Gasteiger partial charge in [0.25, 0.3) is 5.91 Å². The lowest BCUT2D eigenvalue weighted by Crippen LogP contribution is -2.47. The molecule has 1 amide bonds. The fraction of sp³-hybridized carbons (Fsp3) is 0.435. The van der Waals surface area contributed by atoms with Gasteiger partial charge < -0.3 is 21.5 Å². The molecule has 0 aliphatic carbocycles. The zero-order chi connectivity index (χ0) is 23.1. The summed E-state index contributed by atoms with van der Waals surface area (Å²) in [5, 5.41) is 16.5. The molecule has 2 aromatic rings. The Bertz CT molecular complexity index is 1010. The summed E-state index contributed by atoms with van der Waals surface area (Å²) >= 11 is 0. The van der Waals surface area contributed by atoms with Gasteiger partial charge in [0, 0.05) is 30.9 Å². The van der Waals surface area contributed by atoms with E-state index in [9.17, 15) is 18.3 Å². The molecule has 0 spiro atoms. The van der Waals surface area contributed by atoms with E-state index in [1.807, 2.05) is 37.3 Å². The lowest BCUT2D eigenvalue weighted by atomic mass is 10.0. The number of hydrogen-bond donors (Lipinski definition) is 4. The van der Waals surface area contributed by atoms with Gasteiger partial charge in [-0.1, -0.05) is 30.3 Å². The molecule has 0 saturated carbocycles. The van der Waals surface area contributed by atoms with E-state index in [1.54, 1.807) is 18.2 Å². The average Bonchev–Trinajstić information content (AvgIpc) is 2.78. The maximum atomic E-state index is 13.2. The van der Waals surface area contributed by atoms with E-state index >= 15 is 0 Å². The van der Waals surface area contributed by atoms with Gasteiger partial charge in [-0.2, -0.15) is 0 Å². The molecular formula is C23H32N4O4S. The van der Waals surface area contributed by atoms with Gasteiger partial charge in [0.05, 0.1) is 23.6 Å². The summed E-state index contributed by atoms with van der Waals surface area (Å²) in [6.07, 6.45) is 0.911. The highest BCUT2D eigenvalue weighted by Gasteiger charge is 2.28. The molecule has 0 aromatic heterocycles. The summed E-state index contributed by atoms with van der Waals surface area (Å²) in [4.78, 5) is 13.2. The number of rotatable bonds is 9. The third-order valence-corrected chi connectivity index (χ3v) is 7.39. The third kappa shape index (κ3) is 5.99. The van der Waals surface area contributed by atoms with Crippen molar-refractivity contribution in [3.63, 3.8) is 0 Å². The SMILES string of the molecule is CCNc1cc(C(=O)N[C@@H](Cc2ccccc2)[C@H](O)CN)cc(N2CCCCS2(=O)=O)c1. The van der Waals surface area contributed by atoms with Crippen molar-refractivity contribution in [3.05, 3.63) is 59.7 Å². The molecule has 32 heavy (non-hydrogen) atoms. The molecule has 1 aliphatic rings. The first-order valence-electron chi connectivity index (χ1n) is 11.0. The summed E-state index contributed by atoms with van der Waals surface area (Å²) < 4.78 is 26.6. The molecule has 1 saturated heterocycles. The zero-order valence-corrected chi connectivity index (χ0v) is 19.1. The number of carbonyl (C=O) groups is 1. The minimum Gasteiger partial charge on any atom is -0.390 e. The van der Waals surface area contributed by atoms with Crippen molar-refractivity contribution in [2.24, 2.45) is 5.73 Å². The van der Waals surface area contributed by atoms with E-state index in [-0.39, 0.29) is 12.3 Å². The van der Waals surface area contributed by atoms with Crippen LogP contribution in [0.25, 0.3) is 0 Å². The maximum Gasteiger partial charge on any atom is 0.251 e. The van der Waals surface area contributed by atoms with Crippen LogP contribution >= 0.6 is 0 Å². The number of sulfonamides is 1. The van der Waals surface area contributed by atoms with Crippen LogP contribution in [-0.4, -0.2) is 57.0 Å². The van der Waals surface area contributed by atoms with Crippen LogP contribution in [-0.2, 0) is 16.4 Å². The predicted molar refractivity (Wildman–Crippen MR) is 127 cm³/mol. The molecular weight excluding hydrogens is 428 g/mol. The second kappa shape index (κ2) is 10.8. The normalized spacial score (nSPS) is 17.4. The Morgan fingerprint density at radius 2 is 1.94 bits per heavy atom. The lowest BCUT2D eigenvalue weighted by molar-refractivity contribution is 0.0846. The van der Waals surface area contributed by atoms with Crippen molar-refractivity contribution >= 4 is 27.3 Å². The number of aliphatic hydroxyl groups is 1. The standard InChI is InChI=1S/C23H32N4O4S/c1-2-25-19-13-18(14-20(15-19)27-10-6-7-11-32(27,30)31)23(29)26-21(22(28)16-24)12-17-8-4-3-5-9-17/h3-5,8-9,13-15,21-22,25,28H,2,6-7,10-12,16,24H2,1H3,(H,26,29)/t21-,22+/m0/s1. The molecule has 0 bridgehead atoms. The highest BCUT2D eigenvalue weighted by molar-refractivity contribution is 7.92. The fourth-order valence-electron chi connectivity index (χ4n) is 3.84. The van der Waals surface area contributed by atoms with Gasteiger partial charge in [0.1, 0.15) is 0 Å². The van der Waals surface area contributed by atoms with Gasteiger partial charge in [-0.15, -0.1) is 0 Å². The molecule has 1 heterocycles. The van der Waals surface area contributed by atoms with Gasteiger partial charge >= 0.3 is 0 Å². The van der Waals surface area contributed by atoms with E-state index in [0.717, 1.165) is 12.0 Å². The van der Waals surface area contributed by atoms with Crippen LogP contribution in [0.4, 0.5) is 11.4 Å². The summed E-state index contributed by atoms with van der Waals surface area (Å²) in [6, 6.07) is 14.0. The molecule has 5 N–H and O–H groups in total. The molecule has 1 fully saturated rings. The summed E-state index contributed by atoms with van der Waals surface area (Å²) in [6.45, 7) is 2.95. The number of hydrogen-bond acceptors (Lipinski definition) is 6. The first-order valence-corrected chi connectivity index (χ1v) is 12.6. The van der Waals surface area contributed by atoms with Crippen molar-refractivity contribution in [3.8, 4) is 0 Å². The van der Waals surface area contributed by atoms with Gasteiger partial charge in [-0.3, -0.25) is 9.10 Å². The Hall–Kier alpha value is -2.62. The molecule has 3 rings (SSSR count). The second-order valence-corrected chi connectivity index (χ2v) is 9.98. The van der Waals surface area contributed by atoms with Crippen LogP contribution in [0.1, 0.15) is 35.7 Å². The van der Waals surface area contributed by atoms with Crippen molar-refractivity contribution in [1.82, 2.24) is 5.32 Å². The molecule has 0 radical (unpaired) electrons.